The smallest absolute Gasteiger partial charge is 0.251 e. The number of alkyl halides is 2. The van der Waals surface area contributed by atoms with Crippen LogP contribution in [0, 0.1) is 18.3 Å². The van der Waals surface area contributed by atoms with Crippen LogP contribution in [0.3, 0.4) is 0 Å². The van der Waals surface area contributed by atoms with E-state index in [-0.39, 0.29) is 25.9 Å². The average molecular weight is 251 g/mol. The average Bonchev–Trinajstić information content (AvgIpc) is 2.28. The number of nitrogens with zero attached hydrogens (tertiary/aromatic N) is 2. The monoisotopic (exact) mass is 251 g/mol. The van der Waals surface area contributed by atoms with Crippen molar-refractivity contribution in [3.8, 4) is 6.07 Å². The highest BCUT2D eigenvalue weighted by Crippen LogP contribution is 2.33. The predicted octanol–water partition coefficient (Wildman–Crippen LogP) is 2.68. The molecule has 0 amide bonds. The van der Waals surface area contributed by atoms with Crippen molar-refractivity contribution in [2.24, 2.45) is 0 Å². The molecule has 96 valence electrons. The number of nitriles is 1. The van der Waals surface area contributed by atoms with Gasteiger partial charge in [-0.05, 0) is 24.6 Å². The summed E-state index contributed by atoms with van der Waals surface area (Å²) in [7, 11) is 0. The molecule has 3 nitrogen and oxygen atoms in total. The lowest BCUT2D eigenvalue weighted by atomic mass is 10.0. The minimum atomic E-state index is -2.58. The molecule has 2 N–H and O–H groups in total. The van der Waals surface area contributed by atoms with E-state index in [1.165, 1.54) is 0 Å². The summed E-state index contributed by atoms with van der Waals surface area (Å²) in [6.45, 7) is 2.31. The maximum atomic E-state index is 13.1. The third-order valence-corrected chi connectivity index (χ3v) is 3.28. The highest BCUT2D eigenvalue weighted by atomic mass is 19.3. The summed E-state index contributed by atoms with van der Waals surface area (Å²) in [6.07, 6.45) is -0.350. The van der Waals surface area contributed by atoms with Gasteiger partial charge >= 0.3 is 0 Å². The molecule has 1 heterocycles. The van der Waals surface area contributed by atoms with Crippen LogP contribution in [0.25, 0.3) is 0 Å². The summed E-state index contributed by atoms with van der Waals surface area (Å²) in [4.78, 5) is 1.82. The van der Waals surface area contributed by atoms with Crippen LogP contribution in [0.2, 0.25) is 0 Å². The Balaban J connectivity index is 2.32. The normalized spacial score (nSPS) is 18.4. The van der Waals surface area contributed by atoms with Gasteiger partial charge in [0.25, 0.3) is 5.92 Å². The van der Waals surface area contributed by atoms with Gasteiger partial charge in [-0.15, -0.1) is 0 Å². The van der Waals surface area contributed by atoms with Crippen LogP contribution in [0.1, 0.15) is 24.0 Å². The van der Waals surface area contributed by atoms with Crippen LogP contribution >= 0.6 is 0 Å². The molecule has 0 saturated carbocycles. The molecule has 2 rings (SSSR count). The third-order valence-electron chi connectivity index (χ3n) is 3.28. The topological polar surface area (TPSA) is 53.0 Å². The van der Waals surface area contributed by atoms with Gasteiger partial charge in [-0.1, -0.05) is 0 Å². The summed E-state index contributed by atoms with van der Waals surface area (Å²) in [5.41, 5.74) is 8.29. The van der Waals surface area contributed by atoms with Crippen molar-refractivity contribution in [1.29, 1.82) is 5.26 Å². The van der Waals surface area contributed by atoms with Gasteiger partial charge in [0.15, 0.2) is 0 Å². The van der Waals surface area contributed by atoms with E-state index in [0.717, 1.165) is 5.56 Å². The highest BCUT2D eigenvalue weighted by Gasteiger charge is 2.34. The lowest BCUT2D eigenvalue weighted by Crippen LogP contribution is -2.39. The molecule has 0 spiro atoms. The molecule has 0 bridgehead atoms. The second kappa shape index (κ2) is 4.45. The van der Waals surface area contributed by atoms with Gasteiger partial charge in [-0.2, -0.15) is 5.26 Å². The Morgan fingerprint density at radius 1 is 1.33 bits per heavy atom. The van der Waals surface area contributed by atoms with Crippen molar-refractivity contribution in [3.63, 3.8) is 0 Å². The first-order valence-corrected chi connectivity index (χ1v) is 5.86. The molecular formula is C13H15F2N3. The van der Waals surface area contributed by atoms with E-state index in [4.69, 9.17) is 11.0 Å². The van der Waals surface area contributed by atoms with Gasteiger partial charge in [-0.3, -0.25) is 0 Å². The van der Waals surface area contributed by atoms with Crippen LogP contribution in [-0.2, 0) is 0 Å². The molecule has 0 aromatic heterocycles. The van der Waals surface area contributed by atoms with Crippen LogP contribution in [0.5, 0.6) is 0 Å². The summed E-state index contributed by atoms with van der Waals surface area (Å²) in [6, 6.07) is 5.54. The zero-order chi connectivity index (χ0) is 13.3. The Labute approximate surface area is 105 Å². The predicted molar refractivity (Wildman–Crippen MR) is 66.7 cm³/mol. The Morgan fingerprint density at radius 2 is 1.94 bits per heavy atom. The van der Waals surface area contributed by atoms with Crippen LogP contribution < -0.4 is 10.6 Å². The van der Waals surface area contributed by atoms with Gasteiger partial charge in [0.1, 0.15) is 6.07 Å². The van der Waals surface area contributed by atoms with E-state index in [0.29, 0.717) is 16.9 Å². The maximum absolute atomic E-state index is 13.1. The van der Waals surface area contributed by atoms with Crippen LogP contribution in [-0.4, -0.2) is 19.0 Å². The summed E-state index contributed by atoms with van der Waals surface area (Å²) >= 11 is 0. The summed E-state index contributed by atoms with van der Waals surface area (Å²) < 4.78 is 26.2. The largest absolute Gasteiger partial charge is 0.399 e. The van der Waals surface area contributed by atoms with Gasteiger partial charge in [-0.25, -0.2) is 8.78 Å². The molecule has 0 unspecified atom stereocenters. The minimum Gasteiger partial charge on any atom is -0.399 e. The van der Waals surface area contributed by atoms with E-state index >= 15 is 0 Å². The summed E-state index contributed by atoms with van der Waals surface area (Å²) in [5.74, 6) is -2.58. The first-order chi connectivity index (χ1) is 8.43. The second-order valence-corrected chi connectivity index (χ2v) is 4.69. The minimum absolute atomic E-state index is 0.175. The molecule has 1 saturated heterocycles. The number of anilines is 2. The van der Waals surface area contributed by atoms with Crippen LogP contribution in [0.15, 0.2) is 12.1 Å². The van der Waals surface area contributed by atoms with Gasteiger partial charge in [0.2, 0.25) is 0 Å². The third kappa shape index (κ3) is 2.37. The lowest BCUT2D eigenvalue weighted by molar-refractivity contribution is -0.0220. The number of aryl methyl sites for hydroxylation is 1. The van der Waals surface area contributed by atoms with Crippen molar-refractivity contribution in [1.82, 2.24) is 0 Å². The van der Waals surface area contributed by atoms with E-state index in [2.05, 4.69) is 6.07 Å². The molecule has 0 aliphatic carbocycles. The Bertz CT molecular complexity index is 496. The quantitative estimate of drug-likeness (QED) is 0.781. The summed E-state index contributed by atoms with van der Waals surface area (Å²) in [5, 5.41) is 9.16. The number of hydrogen-bond acceptors (Lipinski definition) is 3. The number of nitrogen functional groups attached to an aromatic ring is 1. The van der Waals surface area contributed by atoms with E-state index in [9.17, 15) is 8.78 Å². The van der Waals surface area contributed by atoms with Crippen molar-refractivity contribution < 1.29 is 8.78 Å². The molecule has 0 atom stereocenters. The van der Waals surface area contributed by atoms with E-state index < -0.39 is 5.92 Å². The molecule has 1 aromatic rings. The van der Waals surface area contributed by atoms with Gasteiger partial charge in [0, 0.05) is 31.6 Å². The first kappa shape index (κ1) is 12.6. The highest BCUT2D eigenvalue weighted by molar-refractivity contribution is 5.68. The van der Waals surface area contributed by atoms with Crippen LogP contribution in [0.4, 0.5) is 20.2 Å². The Morgan fingerprint density at radius 3 is 2.50 bits per heavy atom. The molecule has 5 heteroatoms. The van der Waals surface area contributed by atoms with Gasteiger partial charge < -0.3 is 10.6 Å². The maximum Gasteiger partial charge on any atom is 0.251 e. The SMILES string of the molecule is Cc1cc(N)cc(N2CCC(F)(F)CC2)c1C#N. The number of rotatable bonds is 1. The Kier molecular flexibility index (Phi) is 3.12. The van der Waals surface area contributed by atoms with Crippen molar-refractivity contribution in [2.45, 2.75) is 25.7 Å². The lowest BCUT2D eigenvalue weighted by Gasteiger charge is -2.34. The molecular weight excluding hydrogens is 236 g/mol. The molecule has 1 aliphatic heterocycles. The van der Waals surface area contributed by atoms with Crippen molar-refractivity contribution in [2.75, 3.05) is 23.7 Å². The fraction of sp³-hybridized carbons (Fsp3) is 0.462. The standard InChI is InChI=1S/C13H15F2N3/c1-9-6-10(17)7-12(11(9)8-16)18-4-2-13(14,15)3-5-18/h6-7H,2-5,17H2,1H3. The second-order valence-electron chi connectivity index (χ2n) is 4.69. The zero-order valence-electron chi connectivity index (χ0n) is 10.2. The number of hydrogen-bond donors (Lipinski definition) is 1. The fourth-order valence-electron chi connectivity index (χ4n) is 2.27. The molecule has 1 aromatic carbocycles. The number of nitrogens with two attached hydrogens (primary N) is 1. The first-order valence-electron chi connectivity index (χ1n) is 5.86. The molecule has 18 heavy (non-hydrogen) atoms. The van der Waals surface area contributed by atoms with Gasteiger partial charge in [0.05, 0.1) is 11.3 Å². The molecule has 1 fully saturated rings. The number of piperidine rings is 1. The van der Waals surface area contributed by atoms with Crippen molar-refractivity contribution >= 4 is 11.4 Å². The molecule has 0 radical (unpaired) electrons. The fourth-order valence-corrected chi connectivity index (χ4v) is 2.27. The van der Waals surface area contributed by atoms with Crippen molar-refractivity contribution in [3.05, 3.63) is 23.3 Å². The molecule has 1 aliphatic rings. The zero-order valence-corrected chi connectivity index (χ0v) is 10.2. The van der Waals surface area contributed by atoms with E-state index in [1.807, 2.05) is 4.90 Å². The number of halogens is 2. The van der Waals surface area contributed by atoms with E-state index in [1.54, 1.807) is 19.1 Å². The Hall–Kier alpha value is -1.83. The number of benzene rings is 1.